The number of nitrogens with one attached hydrogen (secondary N) is 1. The van der Waals surface area contributed by atoms with Gasteiger partial charge in [0.15, 0.2) is 5.52 Å². The Hall–Kier alpha value is -2.00. The second-order valence-corrected chi connectivity index (χ2v) is 3.03. The molecule has 5 N–H and O–H groups in total. The summed E-state index contributed by atoms with van der Waals surface area (Å²) in [7, 11) is 0. The molecule has 16 heavy (non-hydrogen) atoms. The molecular formula is C7H10N6O3. The molecule has 0 aromatic carbocycles. The molecule has 0 radical (unpaired) electrons. The topological polar surface area (TPSA) is 143 Å². The largest absolute Gasteiger partial charge is 0.473 e. The van der Waals surface area contributed by atoms with Gasteiger partial charge in [0.1, 0.15) is 12.7 Å². The molecule has 0 fully saturated rings. The van der Waals surface area contributed by atoms with Crippen molar-refractivity contribution in [1.29, 1.82) is 0 Å². The van der Waals surface area contributed by atoms with Crippen molar-refractivity contribution in [2.24, 2.45) is 0 Å². The van der Waals surface area contributed by atoms with Gasteiger partial charge < -0.3 is 20.7 Å². The Morgan fingerprint density at radius 3 is 2.94 bits per heavy atom. The molecule has 9 nitrogen and oxygen atoms in total. The number of nitrogens with two attached hydrogens (primary N) is 1. The minimum atomic E-state index is -0.988. The van der Waals surface area contributed by atoms with Crippen molar-refractivity contribution in [2.45, 2.75) is 6.10 Å². The van der Waals surface area contributed by atoms with Crippen molar-refractivity contribution in [3.63, 3.8) is 0 Å². The standard InChI is InChI=1S/C7H10N6O3/c8-7-9-5-4(11-13-12-5)6(10-7)16-2-3(15)1-14/h3,14-15H,1-2H2,(H3,8,9,10,11,12,13)/t3-/m1/s1. The van der Waals surface area contributed by atoms with Crippen molar-refractivity contribution >= 4 is 17.1 Å². The van der Waals surface area contributed by atoms with Crippen LogP contribution < -0.4 is 10.5 Å². The lowest BCUT2D eigenvalue weighted by Crippen LogP contribution is -2.21. The van der Waals surface area contributed by atoms with E-state index < -0.39 is 12.7 Å². The van der Waals surface area contributed by atoms with E-state index in [0.29, 0.717) is 5.52 Å². The molecule has 2 aromatic heterocycles. The van der Waals surface area contributed by atoms with E-state index in [2.05, 4.69) is 25.4 Å². The summed E-state index contributed by atoms with van der Waals surface area (Å²) in [5, 5.41) is 27.6. The Bertz CT molecular complexity index is 486. The number of nitrogen functional groups attached to an aromatic ring is 1. The fourth-order valence-electron chi connectivity index (χ4n) is 1.07. The molecule has 2 aromatic rings. The Balaban J connectivity index is 2.25. The highest BCUT2D eigenvalue weighted by Crippen LogP contribution is 2.18. The number of anilines is 1. The third kappa shape index (κ3) is 1.99. The molecule has 9 heteroatoms. The lowest BCUT2D eigenvalue weighted by molar-refractivity contribution is 0.0526. The van der Waals surface area contributed by atoms with Crippen LogP contribution in [0.1, 0.15) is 0 Å². The van der Waals surface area contributed by atoms with Crippen LogP contribution in [-0.4, -0.2) is 54.9 Å². The smallest absolute Gasteiger partial charge is 0.249 e. The molecule has 0 aliphatic rings. The van der Waals surface area contributed by atoms with Gasteiger partial charge in [-0.15, -0.1) is 10.2 Å². The Morgan fingerprint density at radius 2 is 2.19 bits per heavy atom. The van der Waals surface area contributed by atoms with Crippen LogP contribution in [0, 0.1) is 0 Å². The van der Waals surface area contributed by atoms with E-state index in [1.165, 1.54) is 0 Å². The van der Waals surface area contributed by atoms with Gasteiger partial charge in [-0.3, -0.25) is 0 Å². The molecule has 0 saturated heterocycles. The van der Waals surface area contributed by atoms with Crippen LogP contribution in [-0.2, 0) is 0 Å². The van der Waals surface area contributed by atoms with Crippen molar-refractivity contribution in [2.75, 3.05) is 18.9 Å². The lowest BCUT2D eigenvalue weighted by Gasteiger charge is -2.08. The van der Waals surface area contributed by atoms with Crippen LogP contribution in [0.3, 0.4) is 0 Å². The van der Waals surface area contributed by atoms with Crippen LogP contribution in [0.4, 0.5) is 5.95 Å². The van der Waals surface area contributed by atoms with Gasteiger partial charge in [-0.1, -0.05) is 0 Å². The van der Waals surface area contributed by atoms with Crippen LogP contribution in [0.2, 0.25) is 0 Å². The van der Waals surface area contributed by atoms with E-state index >= 15 is 0 Å². The van der Waals surface area contributed by atoms with Gasteiger partial charge >= 0.3 is 0 Å². The minimum Gasteiger partial charge on any atom is -0.473 e. The summed E-state index contributed by atoms with van der Waals surface area (Å²) < 4.78 is 5.15. The highest BCUT2D eigenvalue weighted by atomic mass is 16.5. The van der Waals surface area contributed by atoms with Gasteiger partial charge in [-0.25, -0.2) is 0 Å². The highest BCUT2D eigenvalue weighted by molar-refractivity contribution is 5.75. The van der Waals surface area contributed by atoms with E-state index in [1.807, 2.05) is 0 Å². The zero-order valence-electron chi connectivity index (χ0n) is 8.16. The second kappa shape index (κ2) is 4.24. The summed E-state index contributed by atoms with van der Waals surface area (Å²) in [6.45, 7) is -0.516. The zero-order chi connectivity index (χ0) is 11.5. The molecule has 0 unspecified atom stereocenters. The van der Waals surface area contributed by atoms with Gasteiger partial charge in [0.05, 0.1) is 6.61 Å². The Labute approximate surface area is 89.3 Å². The van der Waals surface area contributed by atoms with Crippen LogP contribution >= 0.6 is 0 Å². The second-order valence-electron chi connectivity index (χ2n) is 3.03. The summed E-state index contributed by atoms with van der Waals surface area (Å²) in [5.74, 6) is 0.110. The maximum atomic E-state index is 9.12. The van der Waals surface area contributed by atoms with E-state index in [9.17, 15) is 0 Å². The number of ether oxygens (including phenoxy) is 1. The molecule has 0 bridgehead atoms. The van der Waals surface area contributed by atoms with E-state index in [1.54, 1.807) is 0 Å². The SMILES string of the molecule is Nc1nc(OC[C@H](O)CO)c2n[nH]nc2n1. The molecule has 0 amide bonds. The number of aromatic nitrogens is 5. The maximum Gasteiger partial charge on any atom is 0.249 e. The van der Waals surface area contributed by atoms with E-state index in [0.717, 1.165) is 0 Å². The van der Waals surface area contributed by atoms with Crippen LogP contribution in [0.5, 0.6) is 5.88 Å². The van der Waals surface area contributed by atoms with Crippen LogP contribution in [0.15, 0.2) is 0 Å². The minimum absolute atomic E-state index is 0.00473. The van der Waals surface area contributed by atoms with Gasteiger partial charge in [-0.05, 0) is 0 Å². The molecule has 0 saturated carbocycles. The number of H-pyrrole nitrogens is 1. The van der Waals surface area contributed by atoms with Crippen molar-refractivity contribution in [3.8, 4) is 5.88 Å². The normalized spacial score (nSPS) is 12.9. The summed E-state index contributed by atoms with van der Waals surface area (Å²) in [4.78, 5) is 7.62. The fraction of sp³-hybridized carbons (Fsp3) is 0.429. The summed E-state index contributed by atoms with van der Waals surface area (Å²) >= 11 is 0. The lowest BCUT2D eigenvalue weighted by atomic mass is 10.4. The number of fused-ring (bicyclic) bond motifs is 1. The van der Waals surface area contributed by atoms with E-state index in [-0.39, 0.29) is 24.1 Å². The molecule has 0 aliphatic heterocycles. The third-order valence-electron chi connectivity index (χ3n) is 1.79. The van der Waals surface area contributed by atoms with Crippen molar-refractivity contribution in [1.82, 2.24) is 25.4 Å². The summed E-state index contributed by atoms with van der Waals surface area (Å²) in [5.41, 5.74) is 6.02. The summed E-state index contributed by atoms with van der Waals surface area (Å²) in [6.07, 6.45) is -0.988. The first-order valence-electron chi connectivity index (χ1n) is 4.46. The number of hydrogen-bond acceptors (Lipinski definition) is 8. The van der Waals surface area contributed by atoms with Crippen molar-refractivity contribution < 1.29 is 14.9 Å². The zero-order valence-corrected chi connectivity index (χ0v) is 8.16. The number of aromatic amines is 1. The number of aliphatic hydroxyl groups is 2. The molecule has 2 heterocycles. The van der Waals surface area contributed by atoms with Gasteiger partial charge in [-0.2, -0.15) is 15.2 Å². The monoisotopic (exact) mass is 226 g/mol. The Kier molecular flexibility index (Phi) is 2.79. The van der Waals surface area contributed by atoms with Crippen LogP contribution in [0.25, 0.3) is 11.2 Å². The third-order valence-corrected chi connectivity index (χ3v) is 1.79. The first-order valence-corrected chi connectivity index (χ1v) is 4.46. The molecule has 0 spiro atoms. The summed E-state index contributed by atoms with van der Waals surface area (Å²) in [6, 6.07) is 0. The fourth-order valence-corrected chi connectivity index (χ4v) is 1.07. The average molecular weight is 226 g/mol. The highest BCUT2D eigenvalue weighted by Gasteiger charge is 2.12. The Morgan fingerprint density at radius 1 is 1.38 bits per heavy atom. The van der Waals surface area contributed by atoms with Gasteiger partial charge in [0.25, 0.3) is 0 Å². The molecule has 0 aliphatic carbocycles. The predicted molar refractivity (Wildman–Crippen MR) is 52.5 cm³/mol. The average Bonchev–Trinajstić information content (AvgIpc) is 2.73. The molecule has 1 atom stereocenters. The molecule has 2 rings (SSSR count). The van der Waals surface area contributed by atoms with E-state index in [4.69, 9.17) is 20.7 Å². The predicted octanol–water partition coefficient (Wildman–Crippen LogP) is -1.94. The maximum absolute atomic E-state index is 9.12. The first-order chi connectivity index (χ1) is 7.70. The van der Waals surface area contributed by atoms with Gasteiger partial charge in [0.2, 0.25) is 17.5 Å². The van der Waals surface area contributed by atoms with Gasteiger partial charge in [0, 0.05) is 0 Å². The number of hydrogen-bond donors (Lipinski definition) is 4. The first kappa shape index (κ1) is 10.5. The number of rotatable bonds is 4. The number of nitrogens with zero attached hydrogens (tertiary/aromatic N) is 4. The molecule has 86 valence electrons. The quantitative estimate of drug-likeness (QED) is 0.471. The number of aliphatic hydroxyl groups excluding tert-OH is 2. The molecular weight excluding hydrogens is 216 g/mol. The van der Waals surface area contributed by atoms with Crippen molar-refractivity contribution in [3.05, 3.63) is 0 Å².